The Morgan fingerprint density at radius 1 is 1.14 bits per heavy atom. The molecule has 0 saturated heterocycles. The number of aliphatic hydroxyl groups excluding tert-OH is 1. The lowest BCUT2D eigenvalue weighted by atomic mass is 9.99. The number of alkyl halides is 3. The lowest BCUT2D eigenvalue weighted by Crippen LogP contribution is -2.22. The first kappa shape index (κ1) is 17.1. The van der Waals surface area contributed by atoms with Gasteiger partial charge in [-0.3, -0.25) is 4.98 Å². The number of halogens is 5. The minimum atomic E-state index is -4.45. The maximum atomic E-state index is 12.9. The van der Waals surface area contributed by atoms with Crippen LogP contribution in [0, 0.1) is 0 Å². The Morgan fingerprint density at radius 3 is 2.36 bits per heavy atom. The van der Waals surface area contributed by atoms with Gasteiger partial charge in [0, 0.05) is 34.0 Å². The van der Waals surface area contributed by atoms with Gasteiger partial charge in [0.05, 0.1) is 11.6 Å². The molecule has 2 nitrogen and oxygen atoms in total. The standard InChI is InChI=1S/C15H12Cl2F3NO/c16-10-2-3-11(13(17)7-10)9-1-4-14(21-8-9)12(5-6-22)15(18,19)20/h1-4,7-8,12,22H,5-6H2. The van der Waals surface area contributed by atoms with E-state index in [4.69, 9.17) is 28.3 Å². The first-order valence-electron chi connectivity index (χ1n) is 6.42. The summed E-state index contributed by atoms with van der Waals surface area (Å²) in [5.41, 5.74) is 1.10. The Balaban J connectivity index is 2.33. The molecule has 7 heteroatoms. The highest BCUT2D eigenvalue weighted by Crippen LogP contribution is 2.37. The van der Waals surface area contributed by atoms with Crippen molar-refractivity contribution in [2.75, 3.05) is 6.61 Å². The Kier molecular flexibility index (Phi) is 5.32. The molecule has 1 heterocycles. The number of aromatic nitrogens is 1. The molecule has 1 aromatic heterocycles. The van der Waals surface area contributed by atoms with Crippen LogP contribution in [-0.4, -0.2) is 22.9 Å². The molecule has 0 aliphatic carbocycles. The van der Waals surface area contributed by atoms with Crippen LogP contribution >= 0.6 is 23.2 Å². The zero-order chi connectivity index (χ0) is 16.3. The van der Waals surface area contributed by atoms with Crippen LogP contribution in [0.1, 0.15) is 18.0 Å². The van der Waals surface area contributed by atoms with Crippen LogP contribution < -0.4 is 0 Å². The monoisotopic (exact) mass is 349 g/mol. The Morgan fingerprint density at radius 2 is 1.86 bits per heavy atom. The average Bonchev–Trinajstić information content (AvgIpc) is 2.44. The van der Waals surface area contributed by atoms with Crippen LogP contribution in [-0.2, 0) is 0 Å². The van der Waals surface area contributed by atoms with Crippen molar-refractivity contribution < 1.29 is 18.3 Å². The van der Waals surface area contributed by atoms with E-state index >= 15 is 0 Å². The molecule has 118 valence electrons. The summed E-state index contributed by atoms with van der Waals surface area (Å²) in [4.78, 5) is 3.88. The summed E-state index contributed by atoms with van der Waals surface area (Å²) in [6.07, 6.45) is -3.53. The number of hydrogen-bond donors (Lipinski definition) is 1. The van der Waals surface area contributed by atoms with E-state index in [1.807, 2.05) is 0 Å². The predicted octanol–water partition coefficient (Wildman–Crippen LogP) is 5.08. The molecule has 0 aliphatic heterocycles. The molecule has 2 rings (SSSR count). The summed E-state index contributed by atoms with van der Waals surface area (Å²) in [6, 6.07) is 7.69. The fourth-order valence-corrected chi connectivity index (χ4v) is 2.62. The van der Waals surface area contributed by atoms with E-state index in [2.05, 4.69) is 4.98 Å². The van der Waals surface area contributed by atoms with Gasteiger partial charge in [0.1, 0.15) is 0 Å². The van der Waals surface area contributed by atoms with E-state index < -0.39 is 25.1 Å². The maximum Gasteiger partial charge on any atom is 0.397 e. The molecular formula is C15H12Cl2F3NO. The highest BCUT2D eigenvalue weighted by molar-refractivity contribution is 6.36. The van der Waals surface area contributed by atoms with Gasteiger partial charge >= 0.3 is 6.18 Å². The summed E-state index contributed by atoms with van der Waals surface area (Å²) in [5, 5.41) is 9.66. The molecule has 0 fully saturated rings. The van der Waals surface area contributed by atoms with Crippen LogP contribution in [0.4, 0.5) is 13.2 Å². The van der Waals surface area contributed by atoms with Crippen molar-refractivity contribution in [2.45, 2.75) is 18.5 Å². The lowest BCUT2D eigenvalue weighted by Gasteiger charge is -2.19. The molecule has 0 spiro atoms. The number of rotatable bonds is 4. The summed E-state index contributed by atoms with van der Waals surface area (Å²) in [5.74, 6) is -1.78. The second-order valence-electron chi connectivity index (χ2n) is 4.70. The minimum Gasteiger partial charge on any atom is -0.396 e. The quantitative estimate of drug-likeness (QED) is 0.834. The molecule has 2 aromatic rings. The minimum absolute atomic E-state index is 0.129. The van der Waals surface area contributed by atoms with Crippen molar-refractivity contribution in [2.24, 2.45) is 0 Å². The fraction of sp³-hybridized carbons (Fsp3) is 0.267. The lowest BCUT2D eigenvalue weighted by molar-refractivity contribution is -0.154. The predicted molar refractivity (Wildman–Crippen MR) is 80.2 cm³/mol. The molecular weight excluding hydrogens is 338 g/mol. The van der Waals surface area contributed by atoms with Crippen molar-refractivity contribution >= 4 is 23.2 Å². The number of nitrogens with zero attached hydrogens (tertiary/aromatic N) is 1. The number of aliphatic hydroxyl groups is 1. The molecule has 1 unspecified atom stereocenters. The third kappa shape index (κ3) is 3.91. The molecule has 0 aliphatic rings. The van der Waals surface area contributed by atoms with Gasteiger partial charge in [-0.1, -0.05) is 35.3 Å². The van der Waals surface area contributed by atoms with Crippen molar-refractivity contribution in [3.05, 3.63) is 52.3 Å². The second kappa shape index (κ2) is 6.86. The van der Waals surface area contributed by atoms with Crippen LogP contribution in [0.5, 0.6) is 0 Å². The van der Waals surface area contributed by atoms with Gasteiger partial charge in [-0.2, -0.15) is 13.2 Å². The molecule has 1 N–H and O–H groups in total. The summed E-state index contributed by atoms with van der Waals surface area (Å²) >= 11 is 11.9. The molecule has 0 radical (unpaired) electrons. The summed E-state index contributed by atoms with van der Waals surface area (Å²) in [6.45, 7) is -0.559. The highest BCUT2D eigenvalue weighted by Gasteiger charge is 2.41. The zero-order valence-corrected chi connectivity index (χ0v) is 12.8. The normalized spacial score (nSPS) is 13.2. The third-order valence-corrected chi connectivity index (χ3v) is 3.75. The molecule has 0 bridgehead atoms. The largest absolute Gasteiger partial charge is 0.397 e. The summed E-state index contributed by atoms with van der Waals surface area (Å²) < 4.78 is 38.8. The van der Waals surface area contributed by atoms with E-state index in [9.17, 15) is 13.2 Å². The van der Waals surface area contributed by atoms with Gasteiger partial charge in [-0.05, 0) is 24.6 Å². The van der Waals surface area contributed by atoms with Gasteiger partial charge < -0.3 is 5.11 Å². The summed E-state index contributed by atoms with van der Waals surface area (Å²) in [7, 11) is 0. The van der Waals surface area contributed by atoms with E-state index in [1.165, 1.54) is 18.3 Å². The van der Waals surface area contributed by atoms with Crippen LogP contribution in [0.3, 0.4) is 0 Å². The van der Waals surface area contributed by atoms with Crippen LogP contribution in [0.15, 0.2) is 36.5 Å². The topological polar surface area (TPSA) is 33.1 Å². The number of pyridine rings is 1. The highest BCUT2D eigenvalue weighted by atomic mass is 35.5. The molecule has 1 aromatic carbocycles. The number of benzene rings is 1. The van der Waals surface area contributed by atoms with Gasteiger partial charge in [-0.25, -0.2) is 0 Å². The van der Waals surface area contributed by atoms with Crippen LogP contribution in [0.2, 0.25) is 10.0 Å². The van der Waals surface area contributed by atoms with E-state index in [-0.39, 0.29) is 5.69 Å². The van der Waals surface area contributed by atoms with Gasteiger partial charge in [0.25, 0.3) is 0 Å². The van der Waals surface area contributed by atoms with Crippen molar-refractivity contribution in [3.8, 4) is 11.1 Å². The Hall–Kier alpha value is -1.30. The molecule has 22 heavy (non-hydrogen) atoms. The number of hydrogen-bond acceptors (Lipinski definition) is 2. The zero-order valence-electron chi connectivity index (χ0n) is 11.2. The van der Waals surface area contributed by atoms with E-state index in [1.54, 1.807) is 18.2 Å². The van der Waals surface area contributed by atoms with Gasteiger partial charge in [-0.15, -0.1) is 0 Å². The Labute approximate surface area is 135 Å². The molecule has 1 atom stereocenters. The van der Waals surface area contributed by atoms with Crippen molar-refractivity contribution in [1.29, 1.82) is 0 Å². The average molecular weight is 350 g/mol. The molecule has 0 amide bonds. The van der Waals surface area contributed by atoms with E-state index in [0.29, 0.717) is 21.2 Å². The van der Waals surface area contributed by atoms with Gasteiger partial charge in [0.2, 0.25) is 0 Å². The second-order valence-corrected chi connectivity index (χ2v) is 5.55. The first-order chi connectivity index (χ1) is 10.3. The fourth-order valence-electron chi connectivity index (χ4n) is 2.10. The third-order valence-electron chi connectivity index (χ3n) is 3.20. The smallest absolute Gasteiger partial charge is 0.396 e. The first-order valence-corrected chi connectivity index (χ1v) is 7.17. The van der Waals surface area contributed by atoms with Crippen molar-refractivity contribution in [3.63, 3.8) is 0 Å². The van der Waals surface area contributed by atoms with Crippen molar-refractivity contribution in [1.82, 2.24) is 4.98 Å². The molecule has 0 saturated carbocycles. The Bertz CT molecular complexity index is 644. The van der Waals surface area contributed by atoms with Crippen LogP contribution in [0.25, 0.3) is 11.1 Å². The van der Waals surface area contributed by atoms with Gasteiger partial charge in [0.15, 0.2) is 0 Å². The SMILES string of the molecule is OCCC(c1ccc(-c2ccc(Cl)cc2Cl)cn1)C(F)(F)F. The van der Waals surface area contributed by atoms with E-state index in [0.717, 1.165) is 0 Å². The maximum absolute atomic E-state index is 12.9.